The van der Waals surface area contributed by atoms with E-state index < -0.39 is 0 Å². The first kappa shape index (κ1) is 9.53. The Morgan fingerprint density at radius 1 is 1.50 bits per heavy atom. The second kappa shape index (κ2) is 4.01. The van der Waals surface area contributed by atoms with E-state index in [9.17, 15) is 0 Å². The third kappa shape index (κ3) is 1.75. The van der Waals surface area contributed by atoms with Crippen LogP contribution in [-0.4, -0.2) is 10.2 Å². The molecule has 0 unspecified atom stereocenters. The van der Waals surface area contributed by atoms with Crippen molar-refractivity contribution in [2.45, 2.75) is 13.3 Å². The van der Waals surface area contributed by atoms with Gasteiger partial charge in [-0.25, -0.2) is 0 Å². The van der Waals surface area contributed by atoms with Gasteiger partial charge in [0.25, 0.3) is 0 Å². The number of hydrogen-bond donors (Lipinski definition) is 1. The molecule has 0 saturated carbocycles. The van der Waals surface area contributed by atoms with Crippen LogP contribution in [0.4, 0.5) is 0 Å². The van der Waals surface area contributed by atoms with Crippen LogP contribution in [0.5, 0.6) is 0 Å². The first-order chi connectivity index (χ1) is 6.81. The second-order valence-corrected chi connectivity index (χ2v) is 3.95. The molecule has 2 rings (SSSR count). The van der Waals surface area contributed by atoms with Gasteiger partial charge in [-0.05, 0) is 40.8 Å². The van der Waals surface area contributed by atoms with Crippen molar-refractivity contribution in [3.63, 3.8) is 0 Å². The summed E-state index contributed by atoms with van der Waals surface area (Å²) in [6, 6.07) is 6.12. The third-order valence-corrected chi connectivity index (χ3v) is 2.75. The zero-order valence-electron chi connectivity index (χ0n) is 7.76. The zero-order chi connectivity index (χ0) is 9.97. The third-order valence-electron chi connectivity index (χ3n) is 1.93. The first-order valence-corrected chi connectivity index (χ1v) is 5.51. The second-order valence-electron chi connectivity index (χ2n) is 2.93. The summed E-state index contributed by atoms with van der Waals surface area (Å²) in [6.45, 7) is 2.05. The van der Waals surface area contributed by atoms with Gasteiger partial charge in [0, 0.05) is 17.4 Å². The Kier molecular flexibility index (Phi) is 2.73. The van der Waals surface area contributed by atoms with Crippen molar-refractivity contribution < 1.29 is 0 Å². The van der Waals surface area contributed by atoms with Gasteiger partial charge >= 0.3 is 0 Å². The lowest BCUT2D eigenvalue weighted by atomic mass is 10.2. The van der Waals surface area contributed by atoms with Crippen LogP contribution >= 0.6 is 22.6 Å². The van der Waals surface area contributed by atoms with Gasteiger partial charge in [-0.3, -0.25) is 5.10 Å². The summed E-state index contributed by atoms with van der Waals surface area (Å²) >= 11 is 2.22. The van der Waals surface area contributed by atoms with Crippen LogP contribution < -0.4 is 0 Å². The van der Waals surface area contributed by atoms with Gasteiger partial charge in [0.1, 0.15) is 3.70 Å². The molecule has 1 aromatic carbocycles. The van der Waals surface area contributed by atoms with Crippen molar-refractivity contribution >= 4 is 33.5 Å². The summed E-state index contributed by atoms with van der Waals surface area (Å²) in [7, 11) is 0. The van der Waals surface area contributed by atoms with Crippen LogP contribution in [-0.2, 0) is 0 Å². The minimum atomic E-state index is 0.887. The fourth-order valence-electron chi connectivity index (χ4n) is 1.25. The number of H-pyrrole nitrogens is 1. The highest BCUT2D eigenvalue weighted by atomic mass is 127. The molecule has 0 amide bonds. The molecule has 2 nitrogen and oxygen atoms in total. The van der Waals surface area contributed by atoms with Crippen LogP contribution in [0.25, 0.3) is 10.9 Å². The van der Waals surface area contributed by atoms with Crippen LogP contribution in [0.2, 0.25) is 0 Å². The van der Waals surface area contributed by atoms with E-state index in [0.717, 1.165) is 26.6 Å². The maximum atomic E-state index is 4.13. The molecule has 70 valence electrons. The Balaban J connectivity index is 2.52. The smallest absolute Gasteiger partial charge is 0.130 e. The van der Waals surface area contributed by atoms with Gasteiger partial charge in [0.2, 0.25) is 0 Å². The van der Waals surface area contributed by atoms with E-state index in [-0.39, 0.29) is 0 Å². The average Bonchev–Trinajstić information content (AvgIpc) is 2.57. The van der Waals surface area contributed by atoms with E-state index in [1.165, 1.54) is 0 Å². The summed E-state index contributed by atoms with van der Waals surface area (Å²) in [5.41, 5.74) is 2.09. The van der Waals surface area contributed by atoms with Crippen molar-refractivity contribution in [3.05, 3.63) is 27.5 Å². The largest absolute Gasteiger partial charge is 0.277 e. The van der Waals surface area contributed by atoms with E-state index in [1.54, 1.807) is 0 Å². The average molecular weight is 296 g/mol. The highest BCUT2D eigenvalue weighted by Crippen LogP contribution is 2.18. The predicted molar refractivity (Wildman–Crippen MR) is 66.0 cm³/mol. The van der Waals surface area contributed by atoms with Gasteiger partial charge in [-0.1, -0.05) is 18.8 Å². The van der Waals surface area contributed by atoms with Crippen molar-refractivity contribution in [1.29, 1.82) is 0 Å². The fourth-order valence-corrected chi connectivity index (χ4v) is 1.85. The molecule has 0 saturated heterocycles. The van der Waals surface area contributed by atoms with E-state index in [2.05, 4.69) is 50.7 Å². The molecule has 0 aliphatic heterocycles. The first-order valence-electron chi connectivity index (χ1n) is 4.43. The highest BCUT2D eigenvalue weighted by molar-refractivity contribution is 14.1. The molecule has 0 spiro atoms. The van der Waals surface area contributed by atoms with Gasteiger partial charge in [0.05, 0.1) is 5.52 Å². The van der Waals surface area contributed by atoms with Gasteiger partial charge in [-0.15, -0.1) is 0 Å². The van der Waals surface area contributed by atoms with Gasteiger partial charge in [0.15, 0.2) is 0 Å². The van der Waals surface area contributed by atoms with Crippen molar-refractivity contribution in [3.8, 4) is 11.8 Å². The van der Waals surface area contributed by atoms with E-state index >= 15 is 0 Å². The summed E-state index contributed by atoms with van der Waals surface area (Å²) < 4.78 is 1.01. The predicted octanol–water partition coefficient (Wildman–Crippen LogP) is 2.93. The number of halogens is 1. The number of nitrogens with one attached hydrogen (secondary N) is 1. The number of rotatable bonds is 0. The van der Waals surface area contributed by atoms with Crippen LogP contribution in [0.1, 0.15) is 18.9 Å². The Hall–Kier alpha value is -1.02. The molecule has 0 atom stereocenters. The van der Waals surface area contributed by atoms with Crippen LogP contribution in [0.3, 0.4) is 0 Å². The molecule has 1 N–H and O–H groups in total. The molecule has 3 heteroatoms. The van der Waals surface area contributed by atoms with Crippen molar-refractivity contribution in [2.75, 3.05) is 0 Å². The lowest BCUT2D eigenvalue weighted by molar-refractivity contribution is 1.09. The molecular formula is C11H9IN2. The van der Waals surface area contributed by atoms with E-state index in [0.29, 0.717) is 0 Å². The molecule has 0 fully saturated rings. The SMILES string of the molecule is CCC#Cc1ccc2c(I)n[nH]c2c1. The molecule has 0 aliphatic carbocycles. The van der Waals surface area contributed by atoms with Crippen molar-refractivity contribution in [2.24, 2.45) is 0 Å². The molecular weight excluding hydrogens is 287 g/mol. The maximum Gasteiger partial charge on any atom is 0.130 e. The maximum absolute atomic E-state index is 4.13. The topological polar surface area (TPSA) is 28.7 Å². The molecule has 14 heavy (non-hydrogen) atoms. The number of fused-ring (bicyclic) bond motifs is 1. The lowest BCUT2D eigenvalue weighted by Crippen LogP contribution is -1.75. The van der Waals surface area contributed by atoms with Crippen LogP contribution in [0.15, 0.2) is 18.2 Å². The molecule has 0 bridgehead atoms. The van der Waals surface area contributed by atoms with Crippen LogP contribution in [0, 0.1) is 15.5 Å². The molecule has 2 aromatic rings. The quantitative estimate of drug-likeness (QED) is 0.587. The van der Waals surface area contributed by atoms with Gasteiger partial charge < -0.3 is 0 Å². The van der Waals surface area contributed by atoms with E-state index in [1.807, 2.05) is 19.1 Å². The van der Waals surface area contributed by atoms with Crippen molar-refractivity contribution in [1.82, 2.24) is 10.2 Å². The van der Waals surface area contributed by atoms with Gasteiger partial charge in [-0.2, -0.15) is 5.10 Å². The Morgan fingerprint density at radius 2 is 2.36 bits per heavy atom. The molecule has 0 radical (unpaired) electrons. The highest BCUT2D eigenvalue weighted by Gasteiger charge is 2.01. The fraction of sp³-hybridized carbons (Fsp3) is 0.182. The zero-order valence-corrected chi connectivity index (χ0v) is 9.92. The number of benzene rings is 1. The standard InChI is InChI=1S/C11H9IN2/c1-2-3-4-8-5-6-9-10(7-8)13-14-11(9)12/h5-7H,2H2,1H3,(H,13,14). The summed E-state index contributed by atoms with van der Waals surface area (Å²) in [5.74, 6) is 6.15. The Morgan fingerprint density at radius 3 is 3.14 bits per heavy atom. The summed E-state index contributed by atoms with van der Waals surface area (Å²) in [6.07, 6.45) is 0.887. The molecule has 1 heterocycles. The Labute approximate surface area is 96.2 Å². The monoisotopic (exact) mass is 296 g/mol. The summed E-state index contributed by atoms with van der Waals surface area (Å²) in [5, 5.41) is 8.27. The number of hydrogen-bond acceptors (Lipinski definition) is 1. The Bertz CT molecular complexity index is 517. The summed E-state index contributed by atoms with van der Waals surface area (Å²) in [4.78, 5) is 0. The minimum Gasteiger partial charge on any atom is -0.277 e. The number of nitrogens with zero attached hydrogens (tertiary/aromatic N) is 1. The number of aromatic amines is 1. The lowest BCUT2D eigenvalue weighted by Gasteiger charge is -1.90. The van der Waals surface area contributed by atoms with E-state index in [4.69, 9.17) is 0 Å². The molecule has 1 aromatic heterocycles. The minimum absolute atomic E-state index is 0.887. The normalized spacial score (nSPS) is 9.86. The molecule has 0 aliphatic rings. The number of aromatic nitrogens is 2.